The standard InChI is InChI=1S/C9H16N2O6/c1-16-2-3-17-5-7(12)11-6(9(10)15)4-8(13)14/h6H,2-5H2,1H3,(H2,10,15)(H,11,12)(H,13,14)/t6-/m0/s1. The summed E-state index contributed by atoms with van der Waals surface area (Å²) in [6.07, 6.45) is -0.556. The van der Waals surface area contributed by atoms with Crippen LogP contribution in [0.1, 0.15) is 6.42 Å². The largest absolute Gasteiger partial charge is 0.481 e. The Morgan fingerprint density at radius 3 is 2.47 bits per heavy atom. The molecule has 0 radical (unpaired) electrons. The smallest absolute Gasteiger partial charge is 0.305 e. The molecule has 0 aliphatic heterocycles. The predicted molar refractivity (Wildman–Crippen MR) is 56.1 cm³/mol. The number of ether oxygens (including phenoxy) is 2. The zero-order valence-electron chi connectivity index (χ0n) is 9.47. The van der Waals surface area contributed by atoms with Gasteiger partial charge in [-0.3, -0.25) is 14.4 Å². The normalized spacial score (nSPS) is 11.8. The van der Waals surface area contributed by atoms with Crippen LogP contribution in [0, 0.1) is 0 Å². The molecule has 0 bridgehead atoms. The first kappa shape index (κ1) is 15.3. The summed E-state index contributed by atoms with van der Waals surface area (Å²) in [5.74, 6) is -2.74. The van der Waals surface area contributed by atoms with Gasteiger partial charge in [0.2, 0.25) is 11.8 Å². The van der Waals surface area contributed by atoms with E-state index in [1.807, 2.05) is 0 Å². The van der Waals surface area contributed by atoms with E-state index in [4.69, 9.17) is 15.6 Å². The number of hydrogen-bond acceptors (Lipinski definition) is 5. The SMILES string of the molecule is COCCOCC(=O)N[C@@H](CC(=O)O)C(N)=O. The van der Waals surface area contributed by atoms with E-state index in [9.17, 15) is 14.4 Å². The number of carbonyl (C=O) groups excluding carboxylic acids is 2. The molecular weight excluding hydrogens is 232 g/mol. The van der Waals surface area contributed by atoms with Crippen LogP contribution in [0.5, 0.6) is 0 Å². The number of carbonyl (C=O) groups is 3. The maximum absolute atomic E-state index is 11.2. The first-order chi connectivity index (χ1) is 7.97. The second-order valence-corrected chi connectivity index (χ2v) is 3.17. The van der Waals surface area contributed by atoms with Gasteiger partial charge in [0.05, 0.1) is 19.6 Å². The number of carboxylic acid groups (broad SMARTS) is 1. The Morgan fingerprint density at radius 2 is 2.00 bits per heavy atom. The van der Waals surface area contributed by atoms with Crippen molar-refractivity contribution in [2.24, 2.45) is 5.73 Å². The zero-order chi connectivity index (χ0) is 13.3. The highest BCUT2D eigenvalue weighted by molar-refractivity contribution is 5.89. The highest BCUT2D eigenvalue weighted by Crippen LogP contribution is 1.91. The Balaban J connectivity index is 3.96. The number of carboxylic acids is 1. The minimum Gasteiger partial charge on any atom is -0.481 e. The van der Waals surface area contributed by atoms with Gasteiger partial charge < -0.3 is 25.6 Å². The molecule has 8 nitrogen and oxygen atoms in total. The molecule has 0 aromatic heterocycles. The summed E-state index contributed by atoms with van der Waals surface area (Å²) in [5.41, 5.74) is 4.93. The summed E-state index contributed by atoms with van der Waals surface area (Å²) in [6, 6.07) is -1.23. The van der Waals surface area contributed by atoms with Crippen molar-refractivity contribution in [2.75, 3.05) is 26.9 Å². The fraction of sp³-hybridized carbons (Fsp3) is 0.667. The van der Waals surface area contributed by atoms with Crippen molar-refractivity contribution < 1.29 is 29.0 Å². The van der Waals surface area contributed by atoms with Gasteiger partial charge in [0, 0.05) is 7.11 Å². The van der Waals surface area contributed by atoms with E-state index in [2.05, 4.69) is 10.1 Å². The van der Waals surface area contributed by atoms with Crippen LogP contribution in [-0.4, -0.2) is 55.9 Å². The van der Waals surface area contributed by atoms with E-state index in [1.165, 1.54) is 7.11 Å². The van der Waals surface area contributed by atoms with E-state index in [0.29, 0.717) is 6.61 Å². The molecule has 0 unspecified atom stereocenters. The maximum atomic E-state index is 11.2. The summed E-state index contributed by atoms with van der Waals surface area (Å²) in [4.78, 5) is 32.4. The van der Waals surface area contributed by atoms with Gasteiger partial charge in [0.25, 0.3) is 0 Å². The fourth-order valence-corrected chi connectivity index (χ4v) is 0.940. The van der Waals surface area contributed by atoms with Crippen molar-refractivity contribution in [2.45, 2.75) is 12.5 Å². The topological polar surface area (TPSA) is 128 Å². The number of aliphatic carboxylic acids is 1. The molecule has 0 saturated heterocycles. The van der Waals surface area contributed by atoms with Gasteiger partial charge in [0.15, 0.2) is 0 Å². The first-order valence-electron chi connectivity index (χ1n) is 4.84. The van der Waals surface area contributed by atoms with Crippen molar-refractivity contribution >= 4 is 17.8 Å². The van der Waals surface area contributed by atoms with E-state index in [0.717, 1.165) is 0 Å². The lowest BCUT2D eigenvalue weighted by Gasteiger charge is -2.13. The lowest BCUT2D eigenvalue weighted by Crippen LogP contribution is -2.46. The number of hydrogen-bond donors (Lipinski definition) is 3. The van der Waals surface area contributed by atoms with Crippen molar-refractivity contribution in [1.29, 1.82) is 0 Å². The monoisotopic (exact) mass is 248 g/mol. The van der Waals surface area contributed by atoms with Crippen LogP contribution in [0.2, 0.25) is 0 Å². The highest BCUT2D eigenvalue weighted by Gasteiger charge is 2.20. The van der Waals surface area contributed by atoms with Gasteiger partial charge in [-0.25, -0.2) is 0 Å². The lowest BCUT2D eigenvalue weighted by molar-refractivity contribution is -0.140. The van der Waals surface area contributed by atoms with Crippen molar-refractivity contribution in [1.82, 2.24) is 5.32 Å². The van der Waals surface area contributed by atoms with Gasteiger partial charge in [-0.15, -0.1) is 0 Å². The maximum Gasteiger partial charge on any atom is 0.305 e. The van der Waals surface area contributed by atoms with Gasteiger partial charge in [-0.2, -0.15) is 0 Å². The summed E-state index contributed by atoms with van der Waals surface area (Å²) >= 11 is 0. The average Bonchev–Trinajstić information content (AvgIpc) is 2.22. The molecule has 0 aliphatic rings. The molecule has 8 heteroatoms. The van der Waals surface area contributed by atoms with E-state index >= 15 is 0 Å². The summed E-state index contributed by atoms with van der Waals surface area (Å²) in [6.45, 7) is 0.276. The molecule has 0 aromatic rings. The van der Waals surface area contributed by atoms with Crippen LogP contribution < -0.4 is 11.1 Å². The van der Waals surface area contributed by atoms with Gasteiger partial charge in [-0.05, 0) is 0 Å². The van der Waals surface area contributed by atoms with E-state index in [1.54, 1.807) is 0 Å². The molecule has 0 aliphatic carbocycles. The van der Waals surface area contributed by atoms with Crippen LogP contribution in [0.15, 0.2) is 0 Å². The lowest BCUT2D eigenvalue weighted by atomic mass is 10.2. The summed E-state index contributed by atoms with van der Waals surface area (Å²) < 4.78 is 9.57. The molecule has 0 saturated carbocycles. The molecule has 0 aromatic carbocycles. The molecular formula is C9H16N2O6. The third kappa shape index (κ3) is 8.17. The minimum absolute atomic E-state index is 0.226. The number of rotatable bonds is 9. The Morgan fingerprint density at radius 1 is 1.35 bits per heavy atom. The highest BCUT2D eigenvalue weighted by atomic mass is 16.5. The molecule has 0 heterocycles. The molecule has 0 spiro atoms. The second-order valence-electron chi connectivity index (χ2n) is 3.17. The first-order valence-corrected chi connectivity index (χ1v) is 4.84. The van der Waals surface area contributed by atoms with Gasteiger partial charge in [-0.1, -0.05) is 0 Å². The Hall–Kier alpha value is -1.67. The number of amides is 2. The Kier molecular flexibility index (Phi) is 7.65. The van der Waals surface area contributed by atoms with Crippen LogP contribution in [0.25, 0.3) is 0 Å². The van der Waals surface area contributed by atoms with Crippen LogP contribution in [0.3, 0.4) is 0 Å². The van der Waals surface area contributed by atoms with Crippen molar-refractivity contribution in [3.8, 4) is 0 Å². The predicted octanol–water partition coefficient (Wildman–Crippen LogP) is -1.91. The van der Waals surface area contributed by atoms with Crippen LogP contribution >= 0.6 is 0 Å². The number of primary amides is 1. The van der Waals surface area contributed by atoms with Crippen molar-refractivity contribution in [3.05, 3.63) is 0 Å². The summed E-state index contributed by atoms with van der Waals surface area (Å²) in [7, 11) is 1.49. The molecule has 0 rings (SSSR count). The van der Waals surface area contributed by atoms with Crippen LogP contribution in [-0.2, 0) is 23.9 Å². The van der Waals surface area contributed by atoms with E-state index in [-0.39, 0.29) is 13.2 Å². The molecule has 17 heavy (non-hydrogen) atoms. The Bertz CT molecular complexity index is 281. The zero-order valence-corrected chi connectivity index (χ0v) is 9.47. The van der Waals surface area contributed by atoms with Crippen LogP contribution in [0.4, 0.5) is 0 Å². The molecule has 0 fully saturated rings. The number of methoxy groups -OCH3 is 1. The number of nitrogens with two attached hydrogens (primary N) is 1. The molecule has 2 amide bonds. The molecule has 1 atom stereocenters. The minimum atomic E-state index is -1.23. The quantitative estimate of drug-likeness (QED) is 0.409. The third-order valence-electron chi connectivity index (χ3n) is 1.72. The fourth-order valence-electron chi connectivity index (χ4n) is 0.940. The average molecular weight is 248 g/mol. The third-order valence-corrected chi connectivity index (χ3v) is 1.72. The molecule has 4 N–H and O–H groups in total. The van der Waals surface area contributed by atoms with Gasteiger partial charge >= 0.3 is 5.97 Å². The second kappa shape index (κ2) is 8.48. The number of nitrogens with one attached hydrogen (secondary N) is 1. The van der Waals surface area contributed by atoms with Crippen molar-refractivity contribution in [3.63, 3.8) is 0 Å². The summed E-state index contributed by atoms with van der Waals surface area (Å²) in [5, 5.41) is 10.6. The van der Waals surface area contributed by atoms with Gasteiger partial charge in [0.1, 0.15) is 12.6 Å². The Labute approximate surface area is 98.1 Å². The van der Waals surface area contributed by atoms with E-state index < -0.39 is 30.2 Å². The molecule has 98 valence electrons.